The van der Waals surface area contributed by atoms with Gasteiger partial charge in [0.2, 0.25) is 5.91 Å². The van der Waals surface area contributed by atoms with E-state index < -0.39 is 0 Å². The Morgan fingerprint density at radius 2 is 2.10 bits per heavy atom. The van der Waals surface area contributed by atoms with Crippen LogP contribution in [-0.4, -0.2) is 54.5 Å². The summed E-state index contributed by atoms with van der Waals surface area (Å²) in [5, 5.41) is 3.41. The summed E-state index contributed by atoms with van der Waals surface area (Å²) >= 11 is 0. The smallest absolute Gasteiger partial charge is 0.237 e. The van der Waals surface area contributed by atoms with Gasteiger partial charge in [0, 0.05) is 38.8 Å². The highest BCUT2D eigenvalue weighted by Gasteiger charge is 2.24. The van der Waals surface area contributed by atoms with E-state index in [1.807, 2.05) is 4.90 Å². The molecule has 1 amide bonds. The zero-order valence-electron chi connectivity index (χ0n) is 12.1. The first kappa shape index (κ1) is 13.6. The lowest BCUT2D eigenvalue weighted by Crippen LogP contribution is -2.52. The Balaban J connectivity index is 1.59. The van der Waals surface area contributed by atoms with Crippen molar-refractivity contribution in [1.82, 2.24) is 15.1 Å². The molecule has 1 atom stereocenters. The number of piperazine rings is 1. The van der Waals surface area contributed by atoms with Gasteiger partial charge in [-0.05, 0) is 24.5 Å². The molecule has 0 spiro atoms. The average Bonchev–Trinajstić information content (AvgIpc) is 2.47. The zero-order valence-corrected chi connectivity index (χ0v) is 12.1. The molecule has 108 valence electrons. The second kappa shape index (κ2) is 5.94. The van der Waals surface area contributed by atoms with Gasteiger partial charge in [-0.1, -0.05) is 24.3 Å². The fourth-order valence-electron chi connectivity index (χ4n) is 3.16. The van der Waals surface area contributed by atoms with Crippen LogP contribution in [0.15, 0.2) is 24.3 Å². The molecule has 0 bridgehead atoms. The summed E-state index contributed by atoms with van der Waals surface area (Å²) in [5.74, 6) is 0.272. The largest absolute Gasteiger partial charge is 0.337 e. The van der Waals surface area contributed by atoms with E-state index >= 15 is 0 Å². The van der Waals surface area contributed by atoms with Crippen LogP contribution in [0.1, 0.15) is 18.1 Å². The van der Waals surface area contributed by atoms with Gasteiger partial charge in [0.15, 0.2) is 0 Å². The SMILES string of the molecule is CC1CN(CC(=O)N2CCc3ccccc3C2)CCN1. The summed E-state index contributed by atoms with van der Waals surface area (Å²) < 4.78 is 0. The summed E-state index contributed by atoms with van der Waals surface area (Å²) in [7, 11) is 0. The molecule has 3 rings (SSSR count). The minimum absolute atomic E-state index is 0.272. The highest BCUT2D eigenvalue weighted by Crippen LogP contribution is 2.18. The maximum atomic E-state index is 12.4. The van der Waals surface area contributed by atoms with Crippen LogP contribution in [-0.2, 0) is 17.8 Å². The number of nitrogens with one attached hydrogen (secondary N) is 1. The average molecular weight is 273 g/mol. The number of fused-ring (bicyclic) bond motifs is 1. The van der Waals surface area contributed by atoms with E-state index in [4.69, 9.17) is 0 Å². The number of hydrogen-bond donors (Lipinski definition) is 1. The predicted molar refractivity (Wildman–Crippen MR) is 79.5 cm³/mol. The predicted octanol–water partition coefficient (Wildman–Crippen LogP) is 0.865. The molecule has 0 aromatic heterocycles. The van der Waals surface area contributed by atoms with Gasteiger partial charge in [-0.3, -0.25) is 9.69 Å². The molecule has 1 saturated heterocycles. The van der Waals surface area contributed by atoms with E-state index in [2.05, 4.69) is 41.4 Å². The second-order valence-corrected chi connectivity index (χ2v) is 5.92. The number of carbonyl (C=O) groups excluding carboxylic acids is 1. The third kappa shape index (κ3) is 3.02. The van der Waals surface area contributed by atoms with Crippen LogP contribution >= 0.6 is 0 Å². The maximum absolute atomic E-state index is 12.4. The lowest BCUT2D eigenvalue weighted by atomic mass is 10.00. The number of carbonyl (C=O) groups is 1. The summed E-state index contributed by atoms with van der Waals surface area (Å²) in [6.45, 7) is 7.30. The Morgan fingerprint density at radius 3 is 2.90 bits per heavy atom. The van der Waals surface area contributed by atoms with Gasteiger partial charge in [-0.2, -0.15) is 0 Å². The van der Waals surface area contributed by atoms with Gasteiger partial charge in [0.05, 0.1) is 6.54 Å². The van der Waals surface area contributed by atoms with E-state index in [-0.39, 0.29) is 5.91 Å². The molecule has 0 radical (unpaired) electrons. The summed E-state index contributed by atoms with van der Waals surface area (Å²) in [6.07, 6.45) is 0.986. The van der Waals surface area contributed by atoms with Crippen LogP contribution in [0, 0.1) is 0 Å². The highest BCUT2D eigenvalue weighted by molar-refractivity contribution is 5.78. The Hall–Kier alpha value is -1.39. The fourth-order valence-corrected chi connectivity index (χ4v) is 3.16. The van der Waals surface area contributed by atoms with E-state index in [9.17, 15) is 4.79 Å². The van der Waals surface area contributed by atoms with Gasteiger partial charge >= 0.3 is 0 Å². The monoisotopic (exact) mass is 273 g/mol. The van der Waals surface area contributed by atoms with Crippen LogP contribution in [0.25, 0.3) is 0 Å². The first-order chi connectivity index (χ1) is 9.72. The number of rotatable bonds is 2. The van der Waals surface area contributed by atoms with Crippen molar-refractivity contribution in [3.63, 3.8) is 0 Å². The fraction of sp³-hybridized carbons (Fsp3) is 0.562. The zero-order chi connectivity index (χ0) is 13.9. The molecule has 4 heteroatoms. The van der Waals surface area contributed by atoms with Crippen molar-refractivity contribution in [3.05, 3.63) is 35.4 Å². The van der Waals surface area contributed by atoms with Gasteiger partial charge in [-0.15, -0.1) is 0 Å². The van der Waals surface area contributed by atoms with Crippen molar-refractivity contribution in [2.24, 2.45) is 0 Å². The summed E-state index contributed by atoms with van der Waals surface area (Å²) in [5.41, 5.74) is 2.70. The Morgan fingerprint density at radius 1 is 1.30 bits per heavy atom. The van der Waals surface area contributed by atoms with Crippen LogP contribution in [0.5, 0.6) is 0 Å². The normalized spacial score (nSPS) is 23.4. The van der Waals surface area contributed by atoms with Crippen LogP contribution in [0.4, 0.5) is 0 Å². The Labute approximate surface area is 120 Å². The minimum Gasteiger partial charge on any atom is -0.337 e. The van der Waals surface area contributed by atoms with Gasteiger partial charge in [-0.25, -0.2) is 0 Å². The summed E-state index contributed by atoms with van der Waals surface area (Å²) in [6, 6.07) is 8.94. The van der Waals surface area contributed by atoms with Gasteiger partial charge in [0.25, 0.3) is 0 Å². The molecule has 0 saturated carbocycles. The quantitative estimate of drug-likeness (QED) is 0.868. The van der Waals surface area contributed by atoms with Crippen molar-refractivity contribution in [3.8, 4) is 0 Å². The van der Waals surface area contributed by atoms with Crippen molar-refractivity contribution < 1.29 is 4.79 Å². The molecule has 1 fully saturated rings. The number of nitrogens with zero attached hydrogens (tertiary/aromatic N) is 2. The Kier molecular flexibility index (Phi) is 4.03. The third-order valence-corrected chi connectivity index (χ3v) is 4.30. The molecule has 4 nitrogen and oxygen atoms in total. The number of amides is 1. The maximum Gasteiger partial charge on any atom is 0.237 e. The molecule has 20 heavy (non-hydrogen) atoms. The lowest BCUT2D eigenvalue weighted by Gasteiger charge is -2.34. The molecule has 1 aromatic carbocycles. The molecule has 1 N–H and O–H groups in total. The van der Waals surface area contributed by atoms with Crippen LogP contribution < -0.4 is 5.32 Å². The van der Waals surface area contributed by atoms with Crippen LogP contribution in [0.3, 0.4) is 0 Å². The van der Waals surface area contributed by atoms with Crippen LogP contribution in [0.2, 0.25) is 0 Å². The van der Waals surface area contributed by atoms with Crippen molar-refractivity contribution >= 4 is 5.91 Å². The van der Waals surface area contributed by atoms with E-state index in [0.29, 0.717) is 12.6 Å². The first-order valence-corrected chi connectivity index (χ1v) is 7.52. The molecule has 2 heterocycles. The van der Waals surface area contributed by atoms with Gasteiger partial charge in [0.1, 0.15) is 0 Å². The summed E-state index contributed by atoms with van der Waals surface area (Å²) in [4.78, 5) is 16.7. The number of benzene rings is 1. The topological polar surface area (TPSA) is 35.6 Å². The molecule has 1 unspecified atom stereocenters. The minimum atomic E-state index is 0.272. The molecule has 2 aliphatic rings. The third-order valence-electron chi connectivity index (χ3n) is 4.30. The van der Waals surface area contributed by atoms with E-state index in [1.165, 1.54) is 11.1 Å². The van der Waals surface area contributed by atoms with Crippen molar-refractivity contribution in [1.29, 1.82) is 0 Å². The molecular weight excluding hydrogens is 250 g/mol. The van der Waals surface area contributed by atoms with Gasteiger partial charge < -0.3 is 10.2 Å². The lowest BCUT2D eigenvalue weighted by molar-refractivity contribution is -0.133. The van der Waals surface area contributed by atoms with Crippen molar-refractivity contribution in [2.45, 2.75) is 25.9 Å². The molecule has 0 aliphatic carbocycles. The first-order valence-electron chi connectivity index (χ1n) is 7.52. The molecular formula is C16H23N3O. The number of hydrogen-bond acceptors (Lipinski definition) is 3. The Bertz CT molecular complexity index is 488. The molecule has 2 aliphatic heterocycles. The standard InChI is InChI=1S/C16H23N3O/c1-13-10-18(9-7-17-13)12-16(20)19-8-6-14-4-2-3-5-15(14)11-19/h2-5,13,17H,6-12H2,1H3. The second-order valence-electron chi connectivity index (χ2n) is 5.92. The van der Waals surface area contributed by atoms with E-state index in [0.717, 1.165) is 39.1 Å². The van der Waals surface area contributed by atoms with Crippen molar-refractivity contribution in [2.75, 3.05) is 32.7 Å². The highest BCUT2D eigenvalue weighted by atomic mass is 16.2. The van der Waals surface area contributed by atoms with E-state index in [1.54, 1.807) is 0 Å². The molecule has 1 aromatic rings.